The first-order valence-corrected chi connectivity index (χ1v) is 7.04. The molecular weight excluding hydrogens is 238 g/mol. The maximum absolute atomic E-state index is 6.19. The van der Waals surface area contributed by atoms with E-state index in [-0.39, 0.29) is 0 Å². The summed E-state index contributed by atoms with van der Waals surface area (Å²) in [6.07, 6.45) is 1.58. The van der Waals surface area contributed by atoms with E-state index < -0.39 is 0 Å². The van der Waals surface area contributed by atoms with E-state index in [0.717, 1.165) is 31.3 Å². The van der Waals surface area contributed by atoms with Crippen molar-refractivity contribution in [2.45, 2.75) is 34.6 Å². The quantitative estimate of drug-likeness (QED) is 0.793. The first-order chi connectivity index (χ1) is 8.95. The van der Waals surface area contributed by atoms with Gasteiger partial charge in [0, 0.05) is 19.6 Å². The van der Waals surface area contributed by atoms with Crippen molar-refractivity contribution in [1.82, 2.24) is 9.97 Å². The molecule has 108 valence electrons. The predicted molar refractivity (Wildman–Crippen MR) is 82.5 cm³/mol. The van der Waals surface area contributed by atoms with E-state index in [2.05, 4.69) is 47.9 Å². The Kier molecular flexibility index (Phi) is 5.86. The van der Waals surface area contributed by atoms with Crippen molar-refractivity contribution < 1.29 is 0 Å². The first kappa shape index (κ1) is 15.5. The van der Waals surface area contributed by atoms with Crippen LogP contribution in [0.3, 0.4) is 0 Å². The number of hydrogen-bond donors (Lipinski definition) is 2. The number of nitrogens with one attached hydrogen (secondary N) is 1. The van der Waals surface area contributed by atoms with E-state index in [4.69, 9.17) is 5.73 Å². The molecule has 1 aromatic heterocycles. The van der Waals surface area contributed by atoms with Crippen LogP contribution in [0.2, 0.25) is 0 Å². The van der Waals surface area contributed by atoms with E-state index >= 15 is 0 Å². The number of aromatic nitrogens is 2. The van der Waals surface area contributed by atoms with Crippen LogP contribution in [0.25, 0.3) is 0 Å². The van der Waals surface area contributed by atoms with Gasteiger partial charge in [0.25, 0.3) is 0 Å². The molecule has 0 aliphatic heterocycles. The van der Waals surface area contributed by atoms with Crippen molar-refractivity contribution in [3.05, 3.63) is 6.33 Å². The highest BCUT2D eigenvalue weighted by molar-refractivity contribution is 5.74. The predicted octanol–water partition coefficient (Wildman–Crippen LogP) is 2.61. The van der Waals surface area contributed by atoms with Gasteiger partial charge in [-0.3, -0.25) is 0 Å². The Hall–Kier alpha value is -1.52. The molecule has 0 aliphatic carbocycles. The van der Waals surface area contributed by atoms with Crippen molar-refractivity contribution in [3.8, 4) is 0 Å². The van der Waals surface area contributed by atoms with Crippen LogP contribution in [0, 0.1) is 11.8 Å². The molecule has 0 bridgehead atoms. The van der Waals surface area contributed by atoms with Crippen molar-refractivity contribution in [2.75, 3.05) is 35.6 Å². The van der Waals surface area contributed by atoms with E-state index in [0.29, 0.717) is 17.5 Å². The summed E-state index contributed by atoms with van der Waals surface area (Å²) in [4.78, 5) is 10.8. The number of anilines is 3. The van der Waals surface area contributed by atoms with Crippen molar-refractivity contribution >= 4 is 17.3 Å². The van der Waals surface area contributed by atoms with Gasteiger partial charge in [-0.2, -0.15) is 0 Å². The Bertz CT molecular complexity index is 379. The van der Waals surface area contributed by atoms with Gasteiger partial charge in [0.05, 0.1) is 0 Å². The highest BCUT2D eigenvalue weighted by Gasteiger charge is 2.17. The molecule has 0 spiro atoms. The standard InChI is InChI=1S/C14H27N5/c1-6-16-13-12(15)14(18-9-17-13)19(7-10(2)3)8-11(4)5/h9-11H,6-8,15H2,1-5H3,(H,16,17,18). The third-order valence-corrected chi connectivity index (χ3v) is 2.68. The fraction of sp³-hybridized carbons (Fsp3) is 0.714. The zero-order valence-corrected chi connectivity index (χ0v) is 12.8. The summed E-state index contributed by atoms with van der Waals surface area (Å²) >= 11 is 0. The molecule has 0 radical (unpaired) electrons. The first-order valence-electron chi connectivity index (χ1n) is 7.04. The monoisotopic (exact) mass is 265 g/mol. The summed E-state index contributed by atoms with van der Waals surface area (Å²) in [5.41, 5.74) is 6.84. The van der Waals surface area contributed by atoms with Crippen LogP contribution in [0.15, 0.2) is 6.33 Å². The number of nitrogen functional groups attached to an aromatic ring is 1. The fourth-order valence-electron chi connectivity index (χ4n) is 2.08. The Morgan fingerprint density at radius 3 is 2.21 bits per heavy atom. The molecule has 3 N–H and O–H groups in total. The number of nitrogens with zero attached hydrogens (tertiary/aromatic N) is 3. The van der Waals surface area contributed by atoms with Crippen LogP contribution in [0.1, 0.15) is 34.6 Å². The summed E-state index contributed by atoms with van der Waals surface area (Å²) in [6, 6.07) is 0. The third-order valence-electron chi connectivity index (χ3n) is 2.68. The normalized spacial score (nSPS) is 11.1. The summed E-state index contributed by atoms with van der Waals surface area (Å²) in [6.45, 7) is 13.5. The summed E-state index contributed by atoms with van der Waals surface area (Å²) in [5.74, 6) is 2.70. The SMILES string of the molecule is CCNc1ncnc(N(CC(C)C)CC(C)C)c1N. The molecule has 0 aromatic carbocycles. The molecule has 5 nitrogen and oxygen atoms in total. The average Bonchev–Trinajstić information content (AvgIpc) is 2.30. The lowest BCUT2D eigenvalue weighted by Crippen LogP contribution is -2.33. The second kappa shape index (κ2) is 7.16. The Morgan fingerprint density at radius 1 is 1.16 bits per heavy atom. The van der Waals surface area contributed by atoms with E-state index in [1.807, 2.05) is 6.92 Å². The Balaban J connectivity index is 3.03. The van der Waals surface area contributed by atoms with Crippen molar-refractivity contribution in [2.24, 2.45) is 11.8 Å². The molecule has 0 aliphatic rings. The number of hydrogen-bond acceptors (Lipinski definition) is 5. The van der Waals surface area contributed by atoms with Crippen LogP contribution in [-0.2, 0) is 0 Å². The molecular formula is C14H27N5. The largest absolute Gasteiger partial charge is 0.393 e. The van der Waals surface area contributed by atoms with Crippen LogP contribution in [0.5, 0.6) is 0 Å². The molecule has 19 heavy (non-hydrogen) atoms. The lowest BCUT2D eigenvalue weighted by atomic mass is 10.1. The molecule has 5 heteroatoms. The smallest absolute Gasteiger partial charge is 0.157 e. The lowest BCUT2D eigenvalue weighted by Gasteiger charge is -2.28. The molecule has 0 atom stereocenters. The highest BCUT2D eigenvalue weighted by atomic mass is 15.2. The molecule has 0 saturated heterocycles. The second-order valence-corrected chi connectivity index (χ2v) is 5.68. The molecule has 1 rings (SSSR count). The maximum atomic E-state index is 6.19. The molecule has 0 saturated carbocycles. The Morgan fingerprint density at radius 2 is 1.74 bits per heavy atom. The minimum Gasteiger partial charge on any atom is -0.393 e. The summed E-state index contributed by atoms with van der Waals surface area (Å²) in [7, 11) is 0. The number of nitrogens with two attached hydrogens (primary N) is 1. The summed E-state index contributed by atoms with van der Waals surface area (Å²) in [5, 5.41) is 3.17. The molecule has 0 fully saturated rings. The van der Waals surface area contributed by atoms with E-state index in [9.17, 15) is 0 Å². The topological polar surface area (TPSA) is 67.1 Å². The molecule has 1 heterocycles. The minimum absolute atomic E-state index is 0.565. The van der Waals surface area contributed by atoms with Gasteiger partial charge in [-0.25, -0.2) is 9.97 Å². The fourth-order valence-corrected chi connectivity index (χ4v) is 2.08. The van der Waals surface area contributed by atoms with Gasteiger partial charge in [-0.15, -0.1) is 0 Å². The van der Waals surface area contributed by atoms with Gasteiger partial charge in [0.15, 0.2) is 11.6 Å². The molecule has 1 aromatic rings. The number of rotatable bonds is 7. The zero-order chi connectivity index (χ0) is 14.4. The average molecular weight is 265 g/mol. The van der Waals surface area contributed by atoms with E-state index in [1.165, 1.54) is 0 Å². The van der Waals surface area contributed by atoms with Gasteiger partial charge in [-0.1, -0.05) is 27.7 Å². The summed E-state index contributed by atoms with van der Waals surface area (Å²) < 4.78 is 0. The van der Waals surface area contributed by atoms with Crippen LogP contribution in [0.4, 0.5) is 17.3 Å². The van der Waals surface area contributed by atoms with Crippen molar-refractivity contribution in [3.63, 3.8) is 0 Å². The van der Waals surface area contributed by atoms with E-state index in [1.54, 1.807) is 6.33 Å². The van der Waals surface area contributed by atoms with Gasteiger partial charge < -0.3 is 16.0 Å². The lowest BCUT2D eigenvalue weighted by molar-refractivity contribution is 0.549. The van der Waals surface area contributed by atoms with Gasteiger partial charge in [0.2, 0.25) is 0 Å². The van der Waals surface area contributed by atoms with Gasteiger partial charge in [0.1, 0.15) is 12.0 Å². The second-order valence-electron chi connectivity index (χ2n) is 5.68. The zero-order valence-electron chi connectivity index (χ0n) is 12.8. The van der Waals surface area contributed by atoms with Crippen LogP contribution in [-0.4, -0.2) is 29.6 Å². The van der Waals surface area contributed by atoms with Gasteiger partial charge in [-0.05, 0) is 18.8 Å². The van der Waals surface area contributed by atoms with Crippen LogP contribution >= 0.6 is 0 Å². The highest BCUT2D eigenvalue weighted by Crippen LogP contribution is 2.27. The maximum Gasteiger partial charge on any atom is 0.157 e. The minimum atomic E-state index is 0.565. The van der Waals surface area contributed by atoms with Crippen LogP contribution < -0.4 is 16.0 Å². The molecule has 0 unspecified atom stereocenters. The van der Waals surface area contributed by atoms with Gasteiger partial charge >= 0.3 is 0 Å². The molecule has 0 amide bonds. The van der Waals surface area contributed by atoms with Crippen molar-refractivity contribution in [1.29, 1.82) is 0 Å². The third kappa shape index (κ3) is 4.58. The Labute approximate surface area is 116 Å².